The monoisotopic (exact) mass is 587 g/mol. The van der Waals surface area contributed by atoms with Crippen molar-refractivity contribution in [1.82, 2.24) is 4.90 Å². The first-order valence-corrected chi connectivity index (χ1v) is 14.5. The standard InChI is InChI=1S/C25H29Cl2NO4.C2H6O3S/c1-6-28-11-16(4)20(17(5)12-28)8-7-18-9-21(26)23(22(27)10-18)25-31-14-19(32-25)13-30-24(29)15(2)3;1-2-6(3,4)5/h7-11,19,25H,2,6,12-14H2,1,3-5H3;2H2,1H3,(H,3,4,5). The molecular weight excluding hydrogens is 553 g/mol. The van der Waals surface area contributed by atoms with E-state index in [-0.39, 0.29) is 19.0 Å². The van der Waals surface area contributed by atoms with Crippen molar-refractivity contribution in [2.24, 2.45) is 0 Å². The molecule has 2 aliphatic heterocycles. The fourth-order valence-electron chi connectivity index (χ4n) is 3.68. The van der Waals surface area contributed by atoms with Crippen molar-refractivity contribution in [3.05, 3.63) is 74.5 Å². The highest BCUT2D eigenvalue weighted by atomic mass is 35.5. The number of allylic oxidation sites excluding steroid dienone is 3. The molecule has 0 spiro atoms. The molecule has 8 nitrogen and oxygen atoms in total. The van der Waals surface area contributed by atoms with Gasteiger partial charge in [0.15, 0.2) is 6.29 Å². The van der Waals surface area contributed by atoms with Crippen molar-refractivity contribution >= 4 is 45.4 Å². The molecule has 2 heterocycles. The summed E-state index contributed by atoms with van der Waals surface area (Å²) in [7, 11) is -3.66. The maximum Gasteiger partial charge on any atom is 0.333 e. The van der Waals surface area contributed by atoms with E-state index in [0.717, 1.165) is 18.7 Å². The van der Waals surface area contributed by atoms with Gasteiger partial charge in [0.1, 0.15) is 12.7 Å². The topological polar surface area (TPSA) is 102 Å². The number of esters is 1. The number of hydrogen-bond acceptors (Lipinski definition) is 7. The van der Waals surface area contributed by atoms with Crippen LogP contribution in [0.15, 0.2) is 53.3 Å². The first-order chi connectivity index (χ1) is 17.7. The van der Waals surface area contributed by atoms with Crippen LogP contribution in [-0.4, -0.2) is 62.0 Å². The summed E-state index contributed by atoms with van der Waals surface area (Å²) in [5.41, 5.74) is 5.57. The van der Waals surface area contributed by atoms with Crippen molar-refractivity contribution in [1.29, 1.82) is 0 Å². The second-order valence-electron chi connectivity index (χ2n) is 8.97. The van der Waals surface area contributed by atoms with Crippen LogP contribution in [-0.2, 0) is 29.1 Å². The van der Waals surface area contributed by atoms with Gasteiger partial charge in [-0.3, -0.25) is 4.55 Å². The molecule has 1 saturated heterocycles. The molecule has 3 rings (SSSR count). The molecule has 0 amide bonds. The van der Waals surface area contributed by atoms with Crippen molar-refractivity contribution in [2.75, 3.05) is 32.1 Å². The zero-order chi connectivity index (χ0) is 28.6. The van der Waals surface area contributed by atoms with Gasteiger partial charge in [0.25, 0.3) is 10.1 Å². The lowest BCUT2D eigenvalue weighted by Gasteiger charge is -2.26. The van der Waals surface area contributed by atoms with Gasteiger partial charge in [-0.05, 0) is 69.0 Å². The number of benzene rings is 1. The van der Waals surface area contributed by atoms with Gasteiger partial charge in [-0.25, -0.2) is 4.79 Å². The summed E-state index contributed by atoms with van der Waals surface area (Å²) < 4.78 is 43.6. The second-order valence-corrected chi connectivity index (χ2v) is 11.5. The Labute approximate surface area is 235 Å². The molecule has 2 aliphatic rings. The Balaban J connectivity index is 0.000000757. The van der Waals surface area contributed by atoms with E-state index in [1.807, 2.05) is 18.2 Å². The number of hydrogen-bond donors (Lipinski definition) is 1. The number of carbonyl (C=O) groups excluding carboxylic acids is 1. The zero-order valence-corrected chi connectivity index (χ0v) is 24.6. The van der Waals surface area contributed by atoms with E-state index in [2.05, 4.69) is 44.5 Å². The summed E-state index contributed by atoms with van der Waals surface area (Å²) in [5, 5.41) is 0.918. The average molecular weight is 589 g/mol. The van der Waals surface area contributed by atoms with Gasteiger partial charge in [0.05, 0.1) is 22.4 Å². The number of rotatable bonds is 8. The lowest BCUT2D eigenvalue weighted by molar-refractivity contribution is -0.143. The first-order valence-electron chi connectivity index (χ1n) is 12.1. The molecule has 38 heavy (non-hydrogen) atoms. The van der Waals surface area contributed by atoms with Gasteiger partial charge < -0.3 is 19.1 Å². The summed E-state index contributed by atoms with van der Waals surface area (Å²) >= 11 is 13.1. The average Bonchev–Trinajstić information content (AvgIpc) is 3.29. The molecule has 0 radical (unpaired) electrons. The third-order valence-corrected chi connectivity index (χ3v) is 7.10. The van der Waals surface area contributed by atoms with Crippen LogP contribution in [0, 0.1) is 0 Å². The van der Waals surface area contributed by atoms with E-state index in [9.17, 15) is 13.2 Å². The molecule has 2 unspecified atom stereocenters. The molecule has 0 aromatic heterocycles. The molecule has 0 bridgehead atoms. The van der Waals surface area contributed by atoms with Crippen LogP contribution in [0.4, 0.5) is 0 Å². The predicted octanol–water partition coefficient (Wildman–Crippen LogP) is 5.99. The lowest BCUT2D eigenvalue weighted by Crippen LogP contribution is -2.23. The molecule has 1 fully saturated rings. The minimum absolute atomic E-state index is 0.0784. The van der Waals surface area contributed by atoms with Gasteiger partial charge in [-0.2, -0.15) is 8.42 Å². The number of halogens is 2. The molecule has 1 aromatic carbocycles. The summed E-state index contributed by atoms with van der Waals surface area (Å²) in [6.07, 6.45) is 5.19. The van der Waals surface area contributed by atoms with Gasteiger partial charge in [-0.15, -0.1) is 0 Å². The Bertz CT molecular complexity index is 1210. The van der Waals surface area contributed by atoms with Gasteiger partial charge >= 0.3 is 5.97 Å². The fourth-order valence-corrected chi connectivity index (χ4v) is 4.36. The SMILES string of the molecule is C=C(C)C(=O)OCC1COC(c2c(Cl)cc(C=CC3=C(C)CN(CC)C=C3C)cc2Cl)O1.CCS(=O)(=O)O. The van der Waals surface area contributed by atoms with Gasteiger partial charge in [-0.1, -0.05) is 41.9 Å². The summed E-state index contributed by atoms with van der Waals surface area (Å²) in [4.78, 5) is 13.9. The third-order valence-electron chi connectivity index (χ3n) is 5.75. The van der Waals surface area contributed by atoms with Crippen LogP contribution in [0.25, 0.3) is 6.08 Å². The van der Waals surface area contributed by atoms with Crippen LogP contribution < -0.4 is 0 Å². The van der Waals surface area contributed by atoms with Gasteiger partial charge in [0, 0.05) is 30.4 Å². The number of nitrogens with zero attached hydrogens (tertiary/aromatic N) is 1. The molecule has 0 saturated carbocycles. The maximum absolute atomic E-state index is 11.6. The third kappa shape index (κ3) is 9.55. The van der Waals surface area contributed by atoms with Crippen molar-refractivity contribution in [3.8, 4) is 0 Å². The zero-order valence-electron chi connectivity index (χ0n) is 22.3. The molecular formula is C27H35Cl2NO7S. The summed E-state index contributed by atoms with van der Waals surface area (Å²) in [6.45, 7) is 15.2. The maximum atomic E-state index is 11.6. The Morgan fingerprint density at radius 1 is 1.24 bits per heavy atom. The quantitative estimate of drug-likeness (QED) is 0.225. The fraction of sp³-hybridized carbons (Fsp3) is 0.444. The van der Waals surface area contributed by atoms with Crippen LogP contribution >= 0.6 is 23.2 Å². The molecule has 210 valence electrons. The number of ether oxygens (including phenoxy) is 3. The van der Waals surface area contributed by atoms with Gasteiger partial charge in [0.2, 0.25) is 0 Å². The predicted molar refractivity (Wildman–Crippen MR) is 151 cm³/mol. The van der Waals surface area contributed by atoms with Crippen molar-refractivity contribution in [2.45, 2.75) is 47.0 Å². The minimum atomic E-state index is -3.66. The highest BCUT2D eigenvalue weighted by Crippen LogP contribution is 2.38. The Morgan fingerprint density at radius 3 is 2.34 bits per heavy atom. The van der Waals surface area contributed by atoms with E-state index < -0.39 is 28.5 Å². The summed E-state index contributed by atoms with van der Waals surface area (Å²) in [6, 6.07) is 3.69. The van der Waals surface area contributed by atoms with E-state index in [4.69, 9.17) is 42.0 Å². The molecule has 11 heteroatoms. The largest absolute Gasteiger partial charge is 0.459 e. The molecule has 0 aliphatic carbocycles. The highest BCUT2D eigenvalue weighted by Gasteiger charge is 2.31. The van der Waals surface area contributed by atoms with E-state index in [1.54, 1.807) is 6.92 Å². The van der Waals surface area contributed by atoms with Crippen LogP contribution in [0.5, 0.6) is 0 Å². The normalized spacial score (nSPS) is 19.8. The molecule has 1 aromatic rings. The van der Waals surface area contributed by atoms with Crippen molar-refractivity contribution in [3.63, 3.8) is 0 Å². The lowest BCUT2D eigenvalue weighted by atomic mass is 9.97. The van der Waals surface area contributed by atoms with E-state index in [0.29, 0.717) is 21.2 Å². The first kappa shape index (κ1) is 32.1. The minimum Gasteiger partial charge on any atom is -0.459 e. The van der Waals surface area contributed by atoms with E-state index >= 15 is 0 Å². The Morgan fingerprint density at radius 2 is 1.84 bits per heavy atom. The summed E-state index contributed by atoms with van der Waals surface area (Å²) in [5.74, 6) is -0.660. The number of likely N-dealkylation sites (N-methyl/N-ethyl adjacent to an activating group) is 1. The Hall–Kier alpha value is -2.14. The Kier molecular flexibility index (Phi) is 12.1. The molecule has 1 N–H and O–H groups in total. The van der Waals surface area contributed by atoms with E-state index in [1.165, 1.54) is 23.6 Å². The smallest absolute Gasteiger partial charge is 0.333 e. The van der Waals surface area contributed by atoms with Crippen LogP contribution in [0.2, 0.25) is 10.0 Å². The van der Waals surface area contributed by atoms with Crippen LogP contribution in [0.3, 0.4) is 0 Å². The second kappa shape index (κ2) is 14.3. The van der Waals surface area contributed by atoms with Crippen molar-refractivity contribution < 1.29 is 32.0 Å². The molecule has 2 atom stereocenters. The number of carbonyl (C=O) groups is 1. The van der Waals surface area contributed by atoms with Crippen LogP contribution in [0.1, 0.15) is 52.0 Å². The highest BCUT2D eigenvalue weighted by molar-refractivity contribution is 7.85.